The third-order valence-corrected chi connectivity index (χ3v) is 2.98. The van der Waals surface area contributed by atoms with E-state index in [2.05, 4.69) is 28.2 Å². The summed E-state index contributed by atoms with van der Waals surface area (Å²) < 4.78 is 0. The molecule has 1 heterocycles. The number of carbonyl (C=O) groups is 1. The van der Waals surface area contributed by atoms with E-state index in [1.165, 1.54) is 0 Å². The predicted octanol–water partition coefficient (Wildman–Crippen LogP) is 0.907. The number of alkyl halides is 1. The van der Waals surface area contributed by atoms with Crippen LogP contribution >= 0.6 is 15.9 Å². The van der Waals surface area contributed by atoms with Crippen LogP contribution in [-0.2, 0) is 4.79 Å². The molecule has 0 bridgehead atoms. The summed E-state index contributed by atoms with van der Waals surface area (Å²) in [5, 5.41) is 3.69. The van der Waals surface area contributed by atoms with Crippen LogP contribution in [0, 0.1) is 5.41 Å². The van der Waals surface area contributed by atoms with Crippen molar-refractivity contribution >= 4 is 21.8 Å². The predicted molar refractivity (Wildman–Crippen MR) is 39.5 cm³/mol. The van der Waals surface area contributed by atoms with Crippen molar-refractivity contribution in [1.29, 1.82) is 0 Å². The molecular weight excluding hydrogens is 182 g/mol. The third kappa shape index (κ3) is 1.45. The lowest BCUT2D eigenvalue weighted by molar-refractivity contribution is -0.119. The van der Waals surface area contributed by atoms with Gasteiger partial charge in [-0.3, -0.25) is 4.79 Å². The van der Waals surface area contributed by atoms with Gasteiger partial charge in [-0.25, -0.2) is 0 Å². The molecular formula is C6H10BrNO. The van der Waals surface area contributed by atoms with Gasteiger partial charge in [-0.2, -0.15) is 0 Å². The molecule has 1 atom stereocenters. The van der Waals surface area contributed by atoms with Crippen LogP contribution in [0.3, 0.4) is 0 Å². The number of hydrogen-bond acceptors (Lipinski definition) is 1. The fraction of sp³-hybridized carbons (Fsp3) is 0.833. The summed E-state index contributed by atoms with van der Waals surface area (Å²) >= 11 is 3.37. The number of rotatable bonds is 1. The molecule has 3 heteroatoms. The van der Waals surface area contributed by atoms with Gasteiger partial charge in [0.25, 0.3) is 0 Å². The monoisotopic (exact) mass is 191 g/mol. The molecule has 0 aromatic heterocycles. The molecule has 1 aliphatic heterocycles. The minimum Gasteiger partial charge on any atom is -0.355 e. The number of halogens is 1. The third-order valence-electron chi connectivity index (χ3n) is 1.62. The average Bonchev–Trinajstić information content (AvgIpc) is 2.13. The van der Waals surface area contributed by atoms with Gasteiger partial charge in [0.1, 0.15) is 0 Å². The van der Waals surface area contributed by atoms with E-state index in [1.54, 1.807) is 0 Å². The zero-order valence-electron chi connectivity index (χ0n) is 5.41. The van der Waals surface area contributed by atoms with Gasteiger partial charge in [0.05, 0.1) is 0 Å². The molecule has 0 spiro atoms. The number of amides is 1. The van der Waals surface area contributed by atoms with E-state index in [4.69, 9.17) is 0 Å². The van der Waals surface area contributed by atoms with Crippen LogP contribution in [0.4, 0.5) is 0 Å². The SMILES string of the molecule is CC1(CBr)CNC(=O)C1. The minimum atomic E-state index is 0.164. The van der Waals surface area contributed by atoms with Crippen molar-refractivity contribution in [3.8, 4) is 0 Å². The molecule has 52 valence electrons. The number of hydrogen-bond donors (Lipinski definition) is 1. The maximum absolute atomic E-state index is 10.7. The Bertz CT molecular complexity index is 137. The van der Waals surface area contributed by atoms with Gasteiger partial charge >= 0.3 is 0 Å². The van der Waals surface area contributed by atoms with E-state index >= 15 is 0 Å². The Balaban J connectivity index is 2.54. The highest BCUT2D eigenvalue weighted by molar-refractivity contribution is 9.09. The zero-order chi connectivity index (χ0) is 6.91. The lowest BCUT2D eigenvalue weighted by atomic mass is 9.93. The molecule has 1 amide bonds. The molecule has 2 nitrogen and oxygen atoms in total. The second kappa shape index (κ2) is 2.29. The van der Waals surface area contributed by atoms with Gasteiger partial charge in [0.15, 0.2) is 0 Å². The van der Waals surface area contributed by atoms with Crippen molar-refractivity contribution in [2.45, 2.75) is 13.3 Å². The lowest BCUT2D eigenvalue weighted by Gasteiger charge is -2.15. The highest BCUT2D eigenvalue weighted by atomic mass is 79.9. The maximum atomic E-state index is 10.7. The first-order valence-corrected chi connectivity index (χ1v) is 4.11. The van der Waals surface area contributed by atoms with Crippen molar-refractivity contribution in [3.63, 3.8) is 0 Å². The molecule has 9 heavy (non-hydrogen) atoms. The van der Waals surface area contributed by atoms with E-state index < -0.39 is 0 Å². The molecule has 1 saturated heterocycles. The Labute approximate surface area is 63.1 Å². The summed E-state index contributed by atoms with van der Waals surface area (Å²) in [6.45, 7) is 2.91. The van der Waals surface area contributed by atoms with Crippen LogP contribution in [0.15, 0.2) is 0 Å². The van der Waals surface area contributed by atoms with Gasteiger partial charge in [0.2, 0.25) is 5.91 Å². The lowest BCUT2D eigenvalue weighted by Crippen LogP contribution is -2.21. The highest BCUT2D eigenvalue weighted by Crippen LogP contribution is 2.26. The van der Waals surface area contributed by atoms with Crippen LogP contribution < -0.4 is 5.32 Å². The standard InChI is InChI=1S/C6H10BrNO/c1-6(3-7)2-5(9)8-4-6/h2-4H2,1H3,(H,8,9). The van der Waals surface area contributed by atoms with Crippen molar-refractivity contribution < 1.29 is 4.79 Å². The van der Waals surface area contributed by atoms with E-state index in [1.807, 2.05) is 0 Å². The first-order valence-electron chi connectivity index (χ1n) is 2.99. The molecule has 1 fully saturated rings. The normalized spacial score (nSPS) is 34.7. The average molecular weight is 192 g/mol. The Morgan fingerprint density at radius 2 is 2.56 bits per heavy atom. The number of carbonyl (C=O) groups excluding carboxylic acids is 1. The van der Waals surface area contributed by atoms with Crippen molar-refractivity contribution in [2.24, 2.45) is 5.41 Å². The molecule has 0 aromatic rings. The molecule has 1 rings (SSSR count). The second-order valence-electron chi connectivity index (χ2n) is 2.90. The van der Waals surface area contributed by atoms with Gasteiger partial charge in [-0.05, 0) is 0 Å². The molecule has 0 aromatic carbocycles. The largest absolute Gasteiger partial charge is 0.355 e. The first-order chi connectivity index (χ1) is 4.16. The number of nitrogens with one attached hydrogen (secondary N) is 1. The fourth-order valence-electron chi connectivity index (χ4n) is 0.919. The van der Waals surface area contributed by atoms with Crippen LogP contribution in [-0.4, -0.2) is 17.8 Å². The summed E-state index contributed by atoms with van der Waals surface area (Å²) in [6.07, 6.45) is 0.665. The van der Waals surface area contributed by atoms with Crippen molar-refractivity contribution in [1.82, 2.24) is 5.32 Å². The van der Waals surface area contributed by atoms with Crippen molar-refractivity contribution in [2.75, 3.05) is 11.9 Å². The Hall–Kier alpha value is -0.0500. The molecule has 1 N–H and O–H groups in total. The Morgan fingerprint density at radius 3 is 2.78 bits per heavy atom. The maximum Gasteiger partial charge on any atom is 0.220 e. The van der Waals surface area contributed by atoms with E-state index in [0.29, 0.717) is 6.42 Å². The Kier molecular flexibility index (Phi) is 1.80. The van der Waals surface area contributed by atoms with Crippen LogP contribution in [0.5, 0.6) is 0 Å². The first kappa shape index (κ1) is 7.06. The fourth-order valence-corrected chi connectivity index (χ4v) is 1.32. The van der Waals surface area contributed by atoms with Gasteiger partial charge < -0.3 is 5.32 Å². The molecule has 1 unspecified atom stereocenters. The van der Waals surface area contributed by atoms with Crippen LogP contribution in [0.25, 0.3) is 0 Å². The Morgan fingerprint density at radius 1 is 1.89 bits per heavy atom. The molecule has 1 aliphatic rings. The van der Waals surface area contributed by atoms with E-state index in [-0.39, 0.29) is 11.3 Å². The molecule has 0 radical (unpaired) electrons. The summed E-state index contributed by atoms with van der Waals surface area (Å²) in [7, 11) is 0. The van der Waals surface area contributed by atoms with Gasteiger partial charge in [-0.1, -0.05) is 22.9 Å². The minimum absolute atomic E-state index is 0.164. The van der Waals surface area contributed by atoms with E-state index in [0.717, 1.165) is 11.9 Å². The van der Waals surface area contributed by atoms with Crippen molar-refractivity contribution in [3.05, 3.63) is 0 Å². The quantitative estimate of drug-likeness (QED) is 0.614. The highest BCUT2D eigenvalue weighted by Gasteiger charge is 2.32. The molecule has 0 saturated carbocycles. The van der Waals surface area contributed by atoms with Gasteiger partial charge in [0, 0.05) is 23.7 Å². The topological polar surface area (TPSA) is 29.1 Å². The molecule has 0 aliphatic carbocycles. The summed E-state index contributed by atoms with van der Waals surface area (Å²) in [4.78, 5) is 10.7. The second-order valence-corrected chi connectivity index (χ2v) is 3.46. The van der Waals surface area contributed by atoms with Gasteiger partial charge in [-0.15, -0.1) is 0 Å². The smallest absolute Gasteiger partial charge is 0.220 e. The summed E-state index contributed by atoms with van der Waals surface area (Å²) in [6, 6.07) is 0. The summed E-state index contributed by atoms with van der Waals surface area (Å²) in [5.41, 5.74) is 0.164. The zero-order valence-corrected chi connectivity index (χ0v) is 6.99. The van der Waals surface area contributed by atoms with Crippen LogP contribution in [0.2, 0.25) is 0 Å². The van der Waals surface area contributed by atoms with E-state index in [9.17, 15) is 4.79 Å². The van der Waals surface area contributed by atoms with Crippen LogP contribution in [0.1, 0.15) is 13.3 Å². The summed E-state index contributed by atoms with van der Waals surface area (Å²) in [5.74, 6) is 0.178.